The van der Waals surface area contributed by atoms with Crippen LogP contribution in [-0.4, -0.2) is 46.5 Å². The number of ether oxygens (including phenoxy) is 1. The molecule has 1 aliphatic rings. The second-order valence-corrected chi connectivity index (χ2v) is 8.49. The number of H-pyrrole nitrogens is 1. The van der Waals surface area contributed by atoms with Gasteiger partial charge in [0.1, 0.15) is 12.3 Å². The topological polar surface area (TPSA) is 127 Å². The first-order chi connectivity index (χ1) is 16.9. The van der Waals surface area contributed by atoms with Gasteiger partial charge in [0.2, 0.25) is 11.5 Å². The van der Waals surface area contributed by atoms with Crippen LogP contribution in [0.25, 0.3) is 22.0 Å². The Labute approximate surface area is 199 Å². The minimum atomic E-state index is -0.636. The zero-order chi connectivity index (χ0) is 24.5. The van der Waals surface area contributed by atoms with Crippen molar-refractivity contribution < 1.29 is 18.7 Å². The lowest BCUT2D eigenvalue weighted by Crippen LogP contribution is -2.39. The summed E-state index contributed by atoms with van der Waals surface area (Å²) in [5.74, 6) is -0.724. The summed E-state index contributed by atoms with van der Waals surface area (Å²) < 4.78 is 11.8. The van der Waals surface area contributed by atoms with Gasteiger partial charge in [0.25, 0.3) is 5.91 Å². The lowest BCUT2D eigenvalue weighted by molar-refractivity contribution is -0.132. The number of benzene rings is 2. The Hall–Kier alpha value is -4.34. The Morgan fingerprint density at radius 3 is 2.63 bits per heavy atom. The van der Waals surface area contributed by atoms with Crippen LogP contribution < -0.4 is 21.4 Å². The predicted octanol–water partition coefficient (Wildman–Crippen LogP) is 2.71. The molecule has 0 spiro atoms. The summed E-state index contributed by atoms with van der Waals surface area (Å²) in [6, 6.07) is 11.0. The van der Waals surface area contributed by atoms with Crippen LogP contribution >= 0.6 is 0 Å². The first-order valence-electron chi connectivity index (χ1n) is 11.4. The first-order valence-corrected chi connectivity index (χ1v) is 11.4. The monoisotopic (exact) mass is 476 g/mol. The third-order valence-corrected chi connectivity index (χ3v) is 6.22. The number of rotatable bonds is 5. The summed E-state index contributed by atoms with van der Waals surface area (Å²) in [5.41, 5.74) is 1.34. The molecule has 2 aromatic carbocycles. The average molecular weight is 476 g/mol. The molecule has 5 rings (SSSR count). The quantitative estimate of drug-likeness (QED) is 0.456. The Kier molecular flexibility index (Phi) is 5.86. The molecule has 180 valence electrons. The van der Waals surface area contributed by atoms with Gasteiger partial charge in [-0.25, -0.2) is 4.79 Å². The van der Waals surface area contributed by atoms with E-state index >= 15 is 0 Å². The maximum absolute atomic E-state index is 13.1. The van der Waals surface area contributed by atoms with E-state index in [0.29, 0.717) is 46.5 Å². The summed E-state index contributed by atoms with van der Waals surface area (Å²) >= 11 is 0. The van der Waals surface area contributed by atoms with Crippen molar-refractivity contribution in [2.75, 3.05) is 25.5 Å². The van der Waals surface area contributed by atoms with Gasteiger partial charge in [0, 0.05) is 36.3 Å². The SMILES string of the molecule is COc1ccc2c(C(=O)Nc3ccc4oc(=O)n(CC(=O)N5CCCCC5)c4c3)cc(=O)[nH]c2c1. The van der Waals surface area contributed by atoms with Crippen LogP contribution in [0.5, 0.6) is 5.75 Å². The van der Waals surface area contributed by atoms with Gasteiger partial charge in [-0.2, -0.15) is 0 Å². The van der Waals surface area contributed by atoms with E-state index in [0.717, 1.165) is 19.3 Å². The zero-order valence-electron chi connectivity index (χ0n) is 19.1. The molecule has 0 saturated carbocycles. The minimum Gasteiger partial charge on any atom is -0.497 e. The highest BCUT2D eigenvalue weighted by Gasteiger charge is 2.20. The fraction of sp³-hybridized carbons (Fsp3) is 0.280. The highest BCUT2D eigenvalue weighted by Crippen LogP contribution is 2.23. The van der Waals surface area contributed by atoms with E-state index in [4.69, 9.17) is 9.15 Å². The Morgan fingerprint density at radius 1 is 1.06 bits per heavy atom. The van der Waals surface area contributed by atoms with E-state index < -0.39 is 17.2 Å². The number of nitrogens with one attached hydrogen (secondary N) is 2. The Bertz CT molecular complexity index is 1560. The van der Waals surface area contributed by atoms with E-state index in [1.165, 1.54) is 17.7 Å². The molecule has 0 unspecified atom stereocenters. The van der Waals surface area contributed by atoms with Gasteiger partial charge in [-0.1, -0.05) is 0 Å². The summed E-state index contributed by atoms with van der Waals surface area (Å²) in [7, 11) is 1.52. The third kappa shape index (κ3) is 4.42. The number of aromatic amines is 1. The van der Waals surface area contributed by atoms with Crippen LogP contribution in [0, 0.1) is 0 Å². The predicted molar refractivity (Wildman–Crippen MR) is 130 cm³/mol. The standard InChI is InChI=1S/C25H24N4O6/c1-34-16-6-7-17-18(13-22(30)27-19(17)12-16)24(32)26-15-5-8-21-20(11-15)29(25(33)35-21)14-23(31)28-9-3-2-4-10-28/h5-8,11-13H,2-4,9-10,14H2,1H3,(H,26,32)(H,27,30). The summed E-state index contributed by atoms with van der Waals surface area (Å²) in [6.45, 7) is 1.23. The number of anilines is 1. The van der Waals surface area contributed by atoms with Crippen LogP contribution in [0.4, 0.5) is 5.69 Å². The molecule has 10 heteroatoms. The fourth-order valence-electron chi connectivity index (χ4n) is 4.42. The van der Waals surface area contributed by atoms with Crippen molar-refractivity contribution in [2.24, 2.45) is 0 Å². The number of hydrogen-bond acceptors (Lipinski definition) is 6. The molecule has 0 radical (unpaired) electrons. The first kappa shape index (κ1) is 22.5. The molecule has 3 heterocycles. The van der Waals surface area contributed by atoms with E-state index in [-0.39, 0.29) is 18.0 Å². The molecule has 0 aliphatic carbocycles. The third-order valence-electron chi connectivity index (χ3n) is 6.22. The number of pyridine rings is 1. The van der Waals surface area contributed by atoms with E-state index in [2.05, 4.69) is 10.3 Å². The normalized spacial score (nSPS) is 13.8. The molecule has 2 aromatic heterocycles. The van der Waals surface area contributed by atoms with Crippen molar-refractivity contribution in [3.05, 3.63) is 68.9 Å². The van der Waals surface area contributed by atoms with Gasteiger partial charge in [0.15, 0.2) is 5.58 Å². The highest BCUT2D eigenvalue weighted by atomic mass is 16.5. The number of piperidine rings is 1. The average Bonchev–Trinajstić information content (AvgIpc) is 3.17. The fourth-order valence-corrected chi connectivity index (χ4v) is 4.42. The number of likely N-dealkylation sites (tertiary alicyclic amines) is 1. The second kappa shape index (κ2) is 9.13. The summed E-state index contributed by atoms with van der Waals surface area (Å²) in [6.07, 6.45) is 3.00. The molecule has 0 bridgehead atoms. The maximum Gasteiger partial charge on any atom is 0.420 e. The van der Waals surface area contributed by atoms with Crippen molar-refractivity contribution in [2.45, 2.75) is 25.8 Å². The molecular weight excluding hydrogens is 452 g/mol. The highest BCUT2D eigenvalue weighted by molar-refractivity contribution is 6.12. The largest absolute Gasteiger partial charge is 0.497 e. The summed E-state index contributed by atoms with van der Waals surface area (Å²) in [5, 5.41) is 3.33. The van der Waals surface area contributed by atoms with Gasteiger partial charge in [-0.15, -0.1) is 0 Å². The van der Waals surface area contributed by atoms with E-state index in [1.54, 1.807) is 41.3 Å². The van der Waals surface area contributed by atoms with Crippen molar-refractivity contribution in [1.29, 1.82) is 0 Å². The molecule has 35 heavy (non-hydrogen) atoms. The smallest absolute Gasteiger partial charge is 0.420 e. The van der Waals surface area contributed by atoms with E-state index in [9.17, 15) is 19.2 Å². The number of methoxy groups -OCH3 is 1. The number of oxazole rings is 1. The molecule has 1 aliphatic heterocycles. The van der Waals surface area contributed by atoms with Crippen LogP contribution in [0.15, 0.2) is 56.5 Å². The Morgan fingerprint density at radius 2 is 1.86 bits per heavy atom. The molecule has 0 atom stereocenters. The summed E-state index contributed by atoms with van der Waals surface area (Å²) in [4.78, 5) is 54.9. The maximum atomic E-state index is 13.1. The van der Waals surface area contributed by atoms with Crippen molar-refractivity contribution in [3.63, 3.8) is 0 Å². The molecular formula is C25H24N4O6. The molecule has 10 nitrogen and oxygen atoms in total. The van der Waals surface area contributed by atoms with Gasteiger partial charge < -0.3 is 24.4 Å². The molecule has 1 saturated heterocycles. The van der Waals surface area contributed by atoms with Gasteiger partial charge >= 0.3 is 5.76 Å². The number of nitrogens with zero attached hydrogens (tertiary/aromatic N) is 2. The Balaban J connectivity index is 1.44. The zero-order valence-corrected chi connectivity index (χ0v) is 19.1. The van der Waals surface area contributed by atoms with Gasteiger partial charge in [0.05, 0.1) is 23.7 Å². The minimum absolute atomic E-state index is 0.135. The lowest BCUT2D eigenvalue weighted by Gasteiger charge is -2.26. The van der Waals surface area contributed by atoms with Gasteiger partial charge in [-0.3, -0.25) is 19.0 Å². The second-order valence-electron chi connectivity index (χ2n) is 8.49. The number of hydrogen-bond donors (Lipinski definition) is 2. The van der Waals surface area contributed by atoms with Crippen LogP contribution in [0.3, 0.4) is 0 Å². The lowest BCUT2D eigenvalue weighted by atomic mass is 10.1. The molecule has 4 aromatic rings. The van der Waals surface area contributed by atoms with Crippen LogP contribution in [0.1, 0.15) is 29.6 Å². The molecule has 2 amide bonds. The number of aromatic nitrogens is 2. The number of amides is 2. The van der Waals surface area contributed by atoms with Crippen LogP contribution in [-0.2, 0) is 11.3 Å². The molecule has 2 N–H and O–H groups in total. The van der Waals surface area contributed by atoms with Crippen molar-refractivity contribution in [3.8, 4) is 5.75 Å². The number of carbonyl (C=O) groups excluding carboxylic acids is 2. The van der Waals surface area contributed by atoms with Gasteiger partial charge in [-0.05, 0) is 49.6 Å². The van der Waals surface area contributed by atoms with E-state index in [1.807, 2.05) is 0 Å². The van der Waals surface area contributed by atoms with Crippen molar-refractivity contribution >= 4 is 39.5 Å². The number of carbonyl (C=O) groups is 2. The van der Waals surface area contributed by atoms with Crippen molar-refractivity contribution in [1.82, 2.24) is 14.5 Å². The number of fused-ring (bicyclic) bond motifs is 2. The molecule has 1 fully saturated rings. The van der Waals surface area contributed by atoms with Crippen LogP contribution in [0.2, 0.25) is 0 Å².